The molecule has 0 N–H and O–H groups in total. The molecule has 1 fully saturated rings. The Kier molecular flexibility index (Phi) is 3.41. The molecule has 1 saturated carbocycles. The highest BCUT2D eigenvalue weighted by Gasteiger charge is 2.17. The third-order valence-electron chi connectivity index (χ3n) is 3.90. The molecule has 94 valence electrons. The van der Waals surface area contributed by atoms with Crippen LogP contribution in [0.15, 0.2) is 30.5 Å². The average molecular weight is 352 g/mol. The Hall–Kier alpha value is -0.840. The van der Waals surface area contributed by atoms with Crippen molar-refractivity contribution in [2.45, 2.75) is 31.6 Å². The highest BCUT2D eigenvalue weighted by Crippen LogP contribution is 2.35. The lowest BCUT2D eigenvalue weighted by molar-refractivity contribution is 0.723. The van der Waals surface area contributed by atoms with Crippen molar-refractivity contribution in [2.24, 2.45) is 7.05 Å². The molecule has 0 unspecified atom stereocenters. The molecule has 2 aromatic rings. The number of hydrogen-bond acceptors (Lipinski definition) is 1. The number of aryl methyl sites for hydroxylation is 1. The molecule has 1 aliphatic rings. The summed E-state index contributed by atoms with van der Waals surface area (Å²) < 4.78 is 3.16. The number of rotatable bonds is 2. The van der Waals surface area contributed by atoms with Crippen LogP contribution in [0, 0.1) is 3.57 Å². The largest absolute Gasteiger partial charge is 0.267 e. The molecule has 3 rings (SSSR count). The van der Waals surface area contributed by atoms with Gasteiger partial charge in [-0.15, -0.1) is 0 Å². The summed E-state index contributed by atoms with van der Waals surface area (Å²) in [5.41, 5.74) is 3.99. The lowest BCUT2D eigenvalue weighted by Gasteiger charge is -2.10. The second-order valence-corrected chi connectivity index (χ2v) is 6.23. The predicted octanol–water partition coefficient (Wildman–Crippen LogP) is 4.35. The lowest BCUT2D eigenvalue weighted by atomic mass is 9.96. The first kappa shape index (κ1) is 12.2. The van der Waals surface area contributed by atoms with E-state index in [9.17, 15) is 0 Å². The van der Waals surface area contributed by atoms with Gasteiger partial charge in [0.2, 0.25) is 0 Å². The van der Waals surface area contributed by atoms with Gasteiger partial charge in [0, 0.05) is 12.6 Å². The number of benzene rings is 1. The van der Waals surface area contributed by atoms with Gasteiger partial charge in [0.1, 0.15) is 0 Å². The average Bonchev–Trinajstić information content (AvgIpc) is 3.01. The Labute approximate surface area is 122 Å². The third-order valence-corrected chi connectivity index (χ3v) is 4.69. The molecule has 18 heavy (non-hydrogen) atoms. The molecule has 1 aliphatic carbocycles. The summed E-state index contributed by atoms with van der Waals surface area (Å²) in [7, 11) is 2.00. The van der Waals surface area contributed by atoms with E-state index in [1.54, 1.807) is 0 Å². The van der Waals surface area contributed by atoms with Gasteiger partial charge in [-0.2, -0.15) is 5.10 Å². The smallest absolute Gasteiger partial charge is 0.0812 e. The molecule has 0 atom stereocenters. The van der Waals surface area contributed by atoms with E-state index < -0.39 is 0 Å². The fourth-order valence-corrected chi connectivity index (χ4v) is 3.69. The standard InChI is InChI=1S/C15H17IN2/c1-18-15(14(16)10-17-18)13-8-6-12(7-9-13)11-4-2-3-5-11/h6-11H,2-5H2,1H3. The van der Waals surface area contributed by atoms with E-state index in [4.69, 9.17) is 0 Å². The van der Waals surface area contributed by atoms with Crippen molar-refractivity contribution in [2.75, 3.05) is 0 Å². The molecule has 0 radical (unpaired) electrons. The van der Waals surface area contributed by atoms with Crippen LogP contribution in [-0.4, -0.2) is 9.78 Å². The van der Waals surface area contributed by atoms with Gasteiger partial charge in [-0.05, 0) is 46.9 Å². The Morgan fingerprint density at radius 3 is 2.39 bits per heavy atom. The predicted molar refractivity (Wildman–Crippen MR) is 82.6 cm³/mol. The first-order valence-electron chi connectivity index (χ1n) is 6.53. The van der Waals surface area contributed by atoms with Crippen molar-refractivity contribution < 1.29 is 0 Å². The van der Waals surface area contributed by atoms with Crippen LogP contribution in [0.5, 0.6) is 0 Å². The monoisotopic (exact) mass is 352 g/mol. The quantitative estimate of drug-likeness (QED) is 0.735. The zero-order chi connectivity index (χ0) is 12.5. The number of aromatic nitrogens is 2. The first-order chi connectivity index (χ1) is 8.75. The van der Waals surface area contributed by atoms with E-state index >= 15 is 0 Å². The summed E-state index contributed by atoms with van der Waals surface area (Å²) in [5, 5.41) is 4.30. The molecular formula is C15H17IN2. The van der Waals surface area contributed by atoms with Gasteiger partial charge < -0.3 is 0 Å². The van der Waals surface area contributed by atoms with Crippen molar-refractivity contribution in [3.8, 4) is 11.3 Å². The number of nitrogens with zero attached hydrogens (tertiary/aromatic N) is 2. The minimum atomic E-state index is 0.796. The first-order valence-corrected chi connectivity index (χ1v) is 7.61. The van der Waals surface area contributed by atoms with Crippen molar-refractivity contribution in [1.29, 1.82) is 0 Å². The van der Waals surface area contributed by atoms with Gasteiger partial charge in [0.05, 0.1) is 15.5 Å². The van der Waals surface area contributed by atoms with Crippen LogP contribution < -0.4 is 0 Å². The Balaban J connectivity index is 1.91. The molecule has 1 aromatic heterocycles. The van der Waals surface area contributed by atoms with Crippen molar-refractivity contribution in [1.82, 2.24) is 9.78 Å². The van der Waals surface area contributed by atoms with Crippen LogP contribution in [-0.2, 0) is 7.05 Å². The minimum absolute atomic E-state index is 0.796. The molecule has 0 saturated heterocycles. The van der Waals surface area contributed by atoms with Gasteiger partial charge >= 0.3 is 0 Å². The van der Waals surface area contributed by atoms with E-state index in [1.165, 1.54) is 46.1 Å². The van der Waals surface area contributed by atoms with Crippen molar-refractivity contribution in [3.63, 3.8) is 0 Å². The van der Waals surface area contributed by atoms with Crippen molar-refractivity contribution in [3.05, 3.63) is 39.6 Å². The number of hydrogen-bond donors (Lipinski definition) is 0. The zero-order valence-electron chi connectivity index (χ0n) is 10.6. The maximum absolute atomic E-state index is 4.30. The molecule has 0 spiro atoms. The highest BCUT2D eigenvalue weighted by molar-refractivity contribution is 14.1. The molecule has 1 heterocycles. The highest BCUT2D eigenvalue weighted by atomic mass is 127. The molecular weight excluding hydrogens is 335 g/mol. The fourth-order valence-electron chi connectivity index (χ4n) is 2.91. The maximum atomic E-state index is 4.30. The zero-order valence-corrected chi connectivity index (χ0v) is 12.7. The van der Waals surface area contributed by atoms with Gasteiger partial charge in [-0.1, -0.05) is 37.1 Å². The van der Waals surface area contributed by atoms with E-state index in [2.05, 4.69) is 52.0 Å². The van der Waals surface area contributed by atoms with Crippen LogP contribution in [0.25, 0.3) is 11.3 Å². The van der Waals surface area contributed by atoms with E-state index in [0.717, 1.165) is 5.92 Å². The lowest BCUT2D eigenvalue weighted by Crippen LogP contribution is -1.96. The topological polar surface area (TPSA) is 17.8 Å². The van der Waals surface area contributed by atoms with Crippen LogP contribution in [0.1, 0.15) is 37.2 Å². The minimum Gasteiger partial charge on any atom is -0.267 e. The van der Waals surface area contributed by atoms with Crippen molar-refractivity contribution >= 4 is 22.6 Å². The Bertz CT molecular complexity index is 517. The fraction of sp³-hybridized carbons (Fsp3) is 0.400. The second kappa shape index (κ2) is 5.03. The van der Waals surface area contributed by atoms with E-state index in [0.29, 0.717) is 0 Å². The second-order valence-electron chi connectivity index (χ2n) is 5.07. The van der Waals surface area contributed by atoms with Crippen LogP contribution in [0.3, 0.4) is 0 Å². The van der Waals surface area contributed by atoms with Gasteiger partial charge in [0.15, 0.2) is 0 Å². The van der Waals surface area contributed by atoms with Crippen LogP contribution in [0.2, 0.25) is 0 Å². The normalized spacial score (nSPS) is 16.3. The molecule has 0 bridgehead atoms. The van der Waals surface area contributed by atoms with E-state index in [1.807, 2.05) is 17.9 Å². The van der Waals surface area contributed by atoms with Crippen LogP contribution >= 0.6 is 22.6 Å². The third kappa shape index (κ3) is 2.20. The maximum Gasteiger partial charge on any atom is 0.0812 e. The summed E-state index contributed by atoms with van der Waals surface area (Å²) in [6, 6.07) is 9.09. The summed E-state index contributed by atoms with van der Waals surface area (Å²) >= 11 is 2.35. The van der Waals surface area contributed by atoms with E-state index in [-0.39, 0.29) is 0 Å². The van der Waals surface area contributed by atoms with Gasteiger partial charge in [-0.3, -0.25) is 4.68 Å². The molecule has 3 heteroatoms. The summed E-state index contributed by atoms with van der Waals surface area (Å²) in [4.78, 5) is 0. The summed E-state index contributed by atoms with van der Waals surface area (Å²) in [6.45, 7) is 0. The SMILES string of the molecule is Cn1ncc(I)c1-c1ccc(C2CCCC2)cc1. The molecule has 0 amide bonds. The molecule has 2 nitrogen and oxygen atoms in total. The summed E-state index contributed by atoms with van der Waals surface area (Å²) in [5.74, 6) is 0.796. The summed E-state index contributed by atoms with van der Waals surface area (Å²) in [6.07, 6.45) is 7.43. The Morgan fingerprint density at radius 2 is 1.83 bits per heavy atom. The van der Waals surface area contributed by atoms with Crippen LogP contribution in [0.4, 0.5) is 0 Å². The van der Waals surface area contributed by atoms with Gasteiger partial charge in [-0.25, -0.2) is 0 Å². The van der Waals surface area contributed by atoms with Gasteiger partial charge in [0.25, 0.3) is 0 Å². The molecule has 0 aliphatic heterocycles. The number of halogens is 1. The molecule has 1 aromatic carbocycles. The Morgan fingerprint density at radius 1 is 1.17 bits per heavy atom.